The van der Waals surface area contributed by atoms with Crippen molar-refractivity contribution >= 4 is 17.2 Å². The number of nitrogens with zero attached hydrogens (tertiary/aromatic N) is 7. The van der Waals surface area contributed by atoms with Crippen LogP contribution in [0.5, 0.6) is 0 Å². The molecule has 0 aliphatic carbocycles. The van der Waals surface area contributed by atoms with Gasteiger partial charge in [-0.15, -0.1) is 16.4 Å². The summed E-state index contributed by atoms with van der Waals surface area (Å²) in [6.07, 6.45) is 3.65. The molecule has 1 aromatic carbocycles. The second kappa shape index (κ2) is 10.3. The van der Waals surface area contributed by atoms with Gasteiger partial charge in [-0.25, -0.2) is 9.67 Å². The van der Waals surface area contributed by atoms with Crippen molar-refractivity contribution < 1.29 is 4.79 Å². The Bertz CT molecular complexity index is 1020. The zero-order valence-corrected chi connectivity index (χ0v) is 19.9. The highest BCUT2D eigenvalue weighted by Crippen LogP contribution is 2.13. The minimum atomic E-state index is 0.0104. The number of carbonyl (C=O) groups is 1. The van der Waals surface area contributed by atoms with Crippen molar-refractivity contribution in [2.45, 2.75) is 19.8 Å². The number of hydrogen-bond donors (Lipinski definition) is 0. The van der Waals surface area contributed by atoms with E-state index in [1.807, 2.05) is 49.8 Å². The summed E-state index contributed by atoms with van der Waals surface area (Å²) in [6.45, 7) is 8.10. The highest BCUT2D eigenvalue weighted by atomic mass is 32.1. The van der Waals surface area contributed by atoms with Crippen LogP contribution in [0.2, 0.25) is 0 Å². The summed E-state index contributed by atoms with van der Waals surface area (Å²) in [5.41, 5.74) is 3.59. The molecular formula is C23H31N7OS. The van der Waals surface area contributed by atoms with Crippen LogP contribution in [-0.2, 0) is 12.8 Å². The van der Waals surface area contributed by atoms with Gasteiger partial charge < -0.3 is 14.7 Å². The van der Waals surface area contributed by atoms with Gasteiger partial charge in [-0.2, -0.15) is 0 Å². The van der Waals surface area contributed by atoms with Gasteiger partial charge in [0.15, 0.2) is 0 Å². The normalized spacial score (nSPS) is 15.2. The van der Waals surface area contributed by atoms with E-state index in [-0.39, 0.29) is 5.91 Å². The Kier molecular flexibility index (Phi) is 7.29. The van der Waals surface area contributed by atoms with Gasteiger partial charge in [-0.1, -0.05) is 5.21 Å². The Morgan fingerprint density at radius 1 is 1.12 bits per heavy atom. The average Bonchev–Trinajstić information content (AvgIpc) is 3.45. The van der Waals surface area contributed by atoms with Gasteiger partial charge in [0.25, 0.3) is 5.91 Å². The minimum absolute atomic E-state index is 0.0104. The van der Waals surface area contributed by atoms with Crippen LogP contribution in [0.3, 0.4) is 0 Å². The molecule has 0 radical (unpaired) electrons. The monoisotopic (exact) mass is 453 g/mol. The number of hydrogen-bond acceptors (Lipinski definition) is 7. The lowest BCUT2D eigenvalue weighted by atomic mass is 10.2. The van der Waals surface area contributed by atoms with E-state index >= 15 is 0 Å². The van der Waals surface area contributed by atoms with E-state index in [0.717, 1.165) is 67.6 Å². The summed E-state index contributed by atoms with van der Waals surface area (Å²) in [6, 6.07) is 7.55. The maximum absolute atomic E-state index is 12.7. The zero-order chi connectivity index (χ0) is 22.5. The largest absolute Gasteiger partial charge is 0.341 e. The predicted octanol–water partition coefficient (Wildman–Crippen LogP) is 2.14. The molecule has 1 fully saturated rings. The van der Waals surface area contributed by atoms with Crippen molar-refractivity contribution in [3.8, 4) is 5.69 Å². The maximum Gasteiger partial charge on any atom is 0.253 e. The fraction of sp³-hybridized carbons (Fsp3) is 0.478. The molecule has 0 atom stereocenters. The quantitative estimate of drug-likeness (QED) is 0.521. The maximum atomic E-state index is 12.7. The van der Waals surface area contributed by atoms with Crippen LogP contribution in [0, 0.1) is 6.92 Å². The van der Waals surface area contributed by atoms with Crippen LogP contribution in [0.4, 0.5) is 0 Å². The second-order valence-corrected chi connectivity index (χ2v) is 9.40. The molecule has 0 saturated carbocycles. The molecule has 32 heavy (non-hydrogen) atoms. The lowest BCUT2D eigenvalue weighted by Gasteiger charge is -2.32. The van der Waals surface area contributed by atoms with Gasteiger partial charge in [0.2, 0.25) is 0 Å². The number of benzene rings is 1. The van der Waals surface area contributed by atoms with Crippen LogP contribution in [-0.4, -0.2) is 93.9 Å². The molecule has 8 nitrogen and oxygen atoms in total. The molecule has 170 valence electrons. The lowest BCUT2D eigenvalue weighted by molar-refractivity contribution is 0.0796. The van der Waals surface area contributed by atoms with E-state index in [1.165, 1.54) is 0 Å². The summed E-state index contributed by atoms with van der Waals surface area (Å²) >= 11 is 1.64. The molecule has 0 bridgehead atoms. The standard InChI is InChI=1S/C23H31N7OS/c1-18-17-32-22(24-18)9-10-28(3)23(31)19-4-6-21(7-5-19)30-16-20(25-26-30)8-11-29-14-12-27(2)13-15-29/h4-7,16-17H,8-15H2,1-3H3. The van der Waals surface area contributed by atoms with Crippen molar-refractivity contribution in [3.63, 3.8) is 0 Å². The number of piperazine rings is 1. The third-order valence-electron chi connectivity index (χ3n) is 5.87. The summed E-state index contributed by atoms with van der Waals surface area (Å²) in [7, 11) is 4.00. The van der Waals surface area contributed by atoms with Crippen LogP contribution in [0.1, 0.15) is 26.8 Å². The van der Waals surface area contributed by atoms with Crippen molar-refractivity contribution in [2.24, 2.45) is 0 Å². The van der Waals surface area contributed by atoms with Gasteiger partial charge in [-0.3, -0.25) is 4.79 Å². The Morgan fingerprint density at radius 2 is 1.88 bits per heavy atom. The van der Waals surface area contributed by atoms with Gasteiger partial charge in [0.05, 0.1) is 22.6 Å². The van der Waals surface area contributed by atoms with Crippen molar-refractivity contribution in [1.29, 1.82) is 0 Å². The van der Waals surface area contributed by atoms with Gasteiger partial charge in [0, 0.05) is 75.8 Å². The third-order valence-corrected chi connectivity index (χ3v) is 6.90. The van der Waals surface area contributed by atoms with Crippen LogP contribution in [0.15, 0.2) is 35.8 Å². The molecule has 4 rings (SSSR count). The van der Waals surface area contributed by atoms with E-state index < -0.39 is 0 Å². The molecule has 3 aromatic rings. The van der Waals surface area contributed by atoms with Gasteiger partial charge in [-0.05, 0) is 38.2 Å². The molecule has 0 N–H and O–H groups in total. The summed E-state index contributed by atoms with van der Waals surface area (Å²) < 4.78 is 1.78. The van der Waals surface area contributed by atoms with Crippen LogP contribution < -0.4 is 0 Å². The van der Waals surface area contributed by atoms with Gasteiger partial charge in [0.1, 0.15) is 0 Å². The summed E-state index contributed by atoms with van der Waals surface area (Å²) in [4.78, 5) is 23.8. The van der Waals surface area contributed by atoms with E-state index in [4.69, 9.17) is 0 Å². The van der Waals surface area contributed by atoms with E-state index in [9.17, 15) is 4.79 Å². The first-order valence-electron chi connectivity index (χ1n) is 11.1. The highest BCUT2D eigenvalue weighted by molar-refractivity contribution is 7.09. The molecule has 1 aliphatic heterocycles. The average molecular weight is 454 g/mol. The summed E-state index contributed by atoms with van der Waals surface area (Å²) in [5.74, 6) is 0.0104. The first-order valence-corrected chi connectivity index (χ1v) is 11.9. The minimum Gasteiger partial charge on any atom is -0.341 e. The Hall–Kier alpha value is -2.62. The first-order chi connectivity index (χ1) is 15.5. The number of aromatic nitrogens is 4. The van der Waals surface area contributed by atoms with Crippen molar-refractivity contribution in [2.75, 3.05) is 53.4 Å². The molecule has 1 saturated heterocycles. The molecule has 1 aliphatic rings. The fourth-order valence-corrected chi connectivity index (χ4v) is 4.51. The molecule has 0 spiro atoms. The van der Waals surface area contributed by atoms with Gasteiger partial charge >= 0.3 is 0 Å². The fourth-order valence-electron chi connectivity index (χ4n) is 3.74. The molecule has 0 unspecified atom stereocenters. The number of amides is 1. The van der Waals surface area contributed by atoms with E-state index in [0.29, 0.717) is 12.1 Å². The number of thiazole rings is 1. The topological polar surface area (TPSA) is 70.4 Å². The SMILES string of the molecule is Cc1csc(CCN(C)C(=O)c2ccc(-n3cc(CCN4CCN(C)CC4)nn3)cc2)n1. The zero-order valence-electron chi connectivity index (χ0n) is 19.1. The molecule has 1 amide bonds. The Labute approximate surface area is 193 Å². The predicted molar refractivity (Wildman–Crippen MR) is 127 cm³/mol. The van der Waals surface area contributed by atoms with Crippen molar-refractivity contribution in [1.82, 2.24) is 34.7 Å². The lowest BCUT2D eigenvalue weighted by Crippen LogP contribution is -2.45. The number of rotatable bonds is 8. The first kappa shape index (κ1) is 22.6. The smallest absolute Gasteiger partial charge is 0.253 e. The van der Waals surface area contributed by atoms with Crippen LogP contribution in [0.25, 0.3) is 5.69 Å². The summed E-state index contributed by atoms with van der Waals surface area (Å²) in [5, 5.41) is 11.7. The van der Waals surface area contributed by atoms with Crippen LogP contribution >= 0.6 is 11.3 Å². The number of carbonyl (C=O) groups excluding carboxylic acids is 1. The van der Waals surface area contributed by atoms with E-state index in [2.05, 4.69) is 32.1 Å². The highest BCUT2D eigenvalue weighted by Gasteiger charge is 2.15. The molecule has 3 heterocycles. The van der Waals surface area contributed by atoms with E-state index in [1.54, 1.807) is 20.9 Å². The molecular weight excluding hydrogens is 422 g/mol. The van der Waals surface area contributed by atoms with Crippen molar-refractivity contribution in [3.05, 3.63) is 57.8 Å². The third kappa shape index (κ3) is 5.79. The number of likely N-dealkylation sites (N-methyl/N-ethyl adjacent to an activating group) is 2. The second-order valence-electron chi connectivity index (χ2n) is 8.46. The molecule has 9 heteroatoms. The molecule has 2 aromatic heterocycles. The number of aryl methyl sites for hydroxylation is 1. The Morgan fingerprint density at radius 3 is 2.56 bits per heavy atom. The Balaban J connectivity index is 1.29.